The van der Waals surface area contributed by atoms with Crippen molar-refractivity contribution in [1.82, 2.24) is 4.98 Å². The number of thiazole rings is 1. The van der Waals surface area contributed by atoms with Gasteiger partial charge in [-0.15, -0.1) is 0 Å². The van der Waals surface area contributed by atoms with E-state index in [9.17, 15) is 19.1 Å². The predicted octanol–water partition coefficient (Wildman–Crippen LogP) is 5.21. The molecule has 4 aromatic rings. The molecule has 1 unspecified atom stereocenters. The third kappa shape index (κ3) is 3.56. The quantitative estimate of drug-likeness (QED) is 0.394. The maximum atomic E-state index is 13.6. The van der Waals surface area contributed by atoms with E-state index in [1.54, 1.807) is 12.1 Å². The van der Waals surface area contributed by atoms with Crippen molar-refractivity contribution in [3.8, 4) is 5.75 Å². The van der Waals surface area contributed by atoms with Crippen molar-refractivity contribution in [2.24, 2.45) is 0 Å². The second-order valence-electron chi connectivity index (χ2n) is 7.26. The molecule has 0 saturated carbocycles. The van der Waals surface area contributed by atoms with Crippen LogP contribution in [0.3, 0.4) is 0 Å². The number of hydrogen-bond acceptors (Lipinski definition) is 7. The van der Waals surface area contributed by atoms with Gasteiger partial charge in [-0.1, -0.05) is 23.5 Å². The standard InChI is InChI=1S/C24H17FN2O5S/c1-2-31-15-9-10-16-18(12-15)33-24(26-16)27-20(13-5-7-14(25)8-6-13)19(22(29)23(27)30)21(28)17-4-3-11-32-17/h3-12,20,29H,2H2,1H3. The normalized spacial score (nSPS) is 16.1. The van der Waals surface area contributed by atoms with E-state index >= 15 is 0 Å². The van der Waals surface area contributed by atoms with Gasteiger partial charge in [-0.05, 0) is 55.0 Å². The Morgan fingerprint density at radius 1 is 1.24 bits per heavy atom. The van der Waals surface area contributed by atoms with Crippen molar-refractivity contribution in [3.63, 3.8) is 0 Å². The van der Waals surface area contributed by atoms with Crippen LogP contribution in [0.2, 0.25) is 0 Å². The molecule has 1 aliphatic rings. The number of rotatable bonds is 6. The minimum atomic E-state index is -1.01. The van der Waals surface area contributed by atoms with Gasteiger partial charge in [0, 0.05) is 0 Å². The number of hydrogen-bond donors (Lipinski definition) is 1. The van der Waals surface area contributed by atoms with Crippen LogP contribution in [0.5, 0.6) is 5.75 Å². The Morgan fingerprint density at radius 3 is 2.73 bits per heavy atom. The van der Waals surface area contributed by atoms with Crippen LogP contribution in [0.1, 0.15) is 29.1 Å². The van der Waals surface area contributed by atoms with Gasteiger partial charge in [0.1, 0.15) is 11.6 Å². The minimum absolute atomic E-state index is 0.0241. The second kappa shape index (κ2) is 8.18. The molecule has 9 heteroatoms. The number of aliphatic hydroxyl groups is 1. The predicted molar refractivity (Wildman–Crippen MR) is 120 cm³/mol. The molecule has 33 heavy (non-hydrogen) atoms. The lowest BCUT2D eigenvalue weighted by molar-refractivity contribution is -0.117. The van der Waals surface area contributed by atoms with Gasteiger partial charge in [0.25, 0.3) is 5.91 Å². The number of nitrogens with zero attached hydrogens (tertiary/aromatic N) is 2. The Labute approximate surface area is 191 Å². The van der Waals surface area contributed by atoms with Crippen molar-refractivity contribution >= 4 is 38.4 Å². The number of halogens is 1. The zero-order valence-electron chi connectivity index (χ0n) is 17.3. The molecule has 0 aliphatic carbocycles. The van der Waals surface area contributed by atoms with Crippen molar-refractivity contribution < 1.29 is 28.2 Å². The highest BCUT2D eigenvalue weighted by Gasteiger charge is 2.46. The summed E-state index contributed by atoms with van der Waals surface area (Å²) in [5, 5.41) is 11.0. The first-order chi connectivity index (χ1) is 16.0. The van der Waals surface area contributed by atoms with Crippen LogP contribution in [-0.4, -0.2) is 28.4 Å². The summed E-state index contributed by atoms with van der Waals surface area (Å²) in [4.78, 5) is 32.2. The number of benzene rings is 2. The number of anilines is 1. The number of furan rings is 1. The van der Waals surface area contributed by atoms with E-state index in [4.69, 9.17) is 9.15 Å². The molecule has 3 heterocycles. The summed E-state index contributed by atoms with van der Waals surface area (Å²) in [6, 6.07) is 12.7. The van der Waals surface area contributed by atoms with E-state index in [1.807, 2.05) is 13.0 Å². The van der Waals surface area contributed by atoms with Crippen molar-refractivity contribution in [2.45, 2.75) is 13.0 Å². The molecule has 0 fully saturated rings. The molecule has 2 aromatic heterocycles. The van der Waals surface area contributed by atoms with E-state index in [-0.39, 0.29) is 16.5 Å². The Balaban J connectivity index is 1.64. The Kier molecular flexibility index (Phi) is 5.18. The highest BCUT2D eigenvalue weighted by Crippen LogP contribution is 2.44. The Bertz CT molecular complexity index is 1390. The average Bonchev–Trinajstić information content (AvgIpc) is 3.53. The van der Waals surface area contributed by atoms with Crippen LogP contribution in [0.25, 0.3) is 10.2 Å². The third-order valence-electron chi connectivity index (χ3n) is 5.25. The number of carbonyl (C=O) groups is 2. The molecular formula is C24H17FN2O5S. The number of aromatic nitrogens is 1. The molecule has 7 nitrogen and oxygen atoms in total. The molecular weight excluding hydrogens is 447 g/mol. The number of aliphatic hydroxyl groups excluding tert-OH is 1. The lowest BCUT2D eigenvalue weighted by atomic mass is 9.95. The van der Waals surface area contributed by atoms with Gasteiger partial charge >= 0.3 is 0 Å². The second-order valence-corrected chi connectivity index (χ2v) is 8.27. The summed E-state index contributed by atoms with van der Waals surface area (Å²) in [5.74, 6) is -1.93. The molecule has 0 radical (unpaired) electrons. The van der Waals surface area contributed by atoms with Crippen LogP contribution in [-0.2, 0) is 4.79 Å². The maximum absolute atomic E-state index is 13.6. The van der Waals surface area contributed by atoms with Gasteiger partial charge in [0.2, 0.25) is 5.78 Å². The number of Topliss-reactive ketones (excluding diaryl/α,β-unsaturated/α-hetero) is 1. The fourth-order valence-electron chi connectivity index (χ4n) is 3.79. The number of ketones is 1. The lowest BCUT2D eigenvalue weighted by Crippen LogP contribution is -2.30. The molecule has 0 saturated heterocycles. The third-order valence-corrected chi connectivity index (χ3v) is 6.27. The molecule has 5 rings (SSSR count). The summed E-state index contributed by atoms with van der Waals surface area (Å²) >= 11 is 1.22. The van der Waals surface area contributed by atoms with Gasteiger partial charge in [0.15, 0.2) is 16.7 Å². The summed E-state index contributed by atoms with van der Waals surface area (Å²) in [6.45, 7) is 2.38. The van der Waals surface area contributed by atoms with Gasteiger partial charge in [-0.2, -0.15) is 0 Å². The largest absolute Gasteiger partial charge is 0.503 e. The van der Waals surface area contributed by atoms with E-state index in [1.165, 1.54) is 58.9 Å². The van der Waals surface area contributed by atoms with Crippen molar-refractivity contribution in [2.75, 3.05) is 11.5 Å². The highest BCUT2D eigenvalue weighted by molar-refractivity contribution is 7.22. The molecule has 1 atom stereocenters. The number of fused-ring (bicyclic) bond motifs is 1. The van der Waals surface area contributed by atoms with Crippen molar-refractivity contribution in [3.05, 3.63) is 89.3 Å². The molecule has 0 spiro atoms. The van der Waals surface area contributed by atoms with Gasteiger partial charge in [0.05, 0.1) is 34.7 Å². The van der Waals surface area contributed by atoms with Gasteiger partial charge in [-0.25, -0.2) is 9.37 Å². The van der Waals surface area contributed by atoms with E-state index in [0.717, 1.165) is 4.70 Å². The molecule has 0 bridgehead atoms. The Morgan fingerprint density at radius 2 is 2.03 bits per heavy atom. The lowest BCUT2D eigenvalue weighted by Gasteiger charge is -2.24. The van der Waals surface area contributed by atoms with E-state index in [2.05, 4.69) is 4.98 Å². The smallest absolute Gasteiger partial charge is 0.296 e. The van der Waals surface area contributed by atoms with E-state index in [0.29, 0.717) is 23.4 Å². The molecule has 1 amide bonds. The fourth-order valence-corrected chi connectivity index (χ4v) is 4.81. The van der Waals surface area contributed by atoms with Crippen LogP contribution in [0, 0.1) is 5.82 Å². The van der Waals surface area contributed by atoms with Gasteiger partial charge < -0.3 is 14.3 Å². The summed E-state index contributed by atoms with van der Waals surface area (Å²) in [7, 11) is 0. The van der Waals surface area contributed by atoms with Crippen LogP contribution in [0.15, 0.2) is 76.6 Å². The monoisotopic (exact) mass is 464 g/mol. The number of carbonyl (C=O) groups excluding carboxylic acids is 2. The zero-order valence-corrected chi connectivity index (χ0v) is 18.1. The highest BCUT2D eigenvalue weighted by atomic mass is 32.1. The topological polar surface area (TPSA) is 92.9 Å². The molecule has 2 aromatic carbocycles. The number of ether oxygens (including phenoxy) is 1. The number of amides is 1. The Hall–Kier alpha value is -3.98. The zero-order chi connectivity index (χ0) is 23.1. The molecule has 1 N–H and O–H groups in total. The average molecular weight is 464 g/mol. The van der Waals surface area contributed by atoms with Gasteiger partial charge in [-0.3, -0.25) is 14.5 Å². The first kappa shape index (κ1) is 20.9. The first-order valence-corrected chi connectivity index (χ1v) is 10.9. The summed E-state index contributed by atoms with van der Waals surface area (Å²) in [5.41, 5.74) is 0.920. The molecule has 1 aliphatic heterocycles. The maximum Gasteiger partial charge on any atom is 0.296 e. The van der Waals surface area contributed by atoms with Crippen LogP contribution < -0.4 is 9.64 Å². The SMILES string of the molecule is CCOc1ccc2nc(N3C(=O)C(O)=C(C(=O)c4ccco4)C3c3ccc(F)cc3)sc2c1. The van der Waals surface area contributed by atoms with Crippen molar-refractivity contribution in [1.29, 1.82) is 0 Å². The molecule has 166 valence electrons. The van der Waals surface area contributed by atoms with E-state index < -0.39 is 29.3 Å². The minimum Gasteiger partial charge on any atom is -0.503 e. The fraction of sp³-hybridized carbons (Fsp3) is 0.125. The summed E-state index contributed by atoms with van der Waals surface area (Å²) in [6.07, 6.45) is 1.33. The summed E-state index contributed by atoms with van der Waals surface area (Å²) < 4.78 is 25.1. The first-order valence-electron chi connectivity index (χ1n) is 10.1. The van der Waals surface area contributed by atoms with Crippen LogP contribution >= 0.6 is 11.3 Å². The van der Waals surface area contributed by atoms with Crippen LogP contribution in [0.4, 0.5) is 9.52 Å².